The van der Waals surface area contributed by atoms with Gasteiger partial charge < -0.3 is 5.32 Å². The van der Waals surface area contributed by atoms with Gasteiger partial charge in [0, 0.05) is 22.8 Å². The number of thioether (sulfide) groups is 1. The zero-order valence-corrected chi connectivity index (χ0v) is 13.8. The van der Waals surface area contributed by atoms with E-state index in [0.717, 1.165) is 22.6 Å². The molecule has 1 N–H and O–H groups in total. The van der Waals surface area contributed by atoms with E-state index >= 15 is 0 Å². The van der Waals surface area contributed by atoms with Crippen LogP contribution >= 0.6 is 11.8 Å². The van der Waals surface area contributed by atoms with Gasteiger partial charge in [0.15, 0.2) is 0 Å². The van der Waals surface area contributed by atoms with E-state index in [9.17, 15) is 9.18 Å². The summed E-state index contributed by atoms with van der Waals surface area (Å²) >= 11 is 1.35. The maximum absolute atomic E-state index is 13.5. The minimum Gasteiger partial charge on any atom is -0.324 e. The van der Waals surface area contributed by atoms with Gasteiger partial charge in [0.25, 0.3) is 0 Å². The Kier molecular flexibility index (Phi) is 5.55. The highest BCUT2D eigenvalue weighted by molar-refractivity contribution is 7.99. The summed E-state index contributed by atoms with van der Waals surface area (Å²) in [7, 11) is 0. The molecular formula is C17H19FN2OS. The number of nitrogens with one attached hydrogen (secondary N) is 1. The summed E-state index contributed by atoms with van der Waals surface area (Å²) in [5.74, 6) is 0.201. The van der Waals surface area contributed by atoms with Gasteiger partial charge >= 0.3 is 0 Å². The lowest BCUT2D eigenvalue weighted by Gasteiger charge is -2.12. The molecule has 1 heterocycles. The largest absolute Gasteiger partial charge is 0.324 e. The first-order valence-electron chi connectivity index (χ1n) is 7.09. The lowest BCUT2D eigenvalue weighted by Crippen LogP contribution is -2.15. The third-order valence-corrected chi connectivity index (χ3v) is 4.26. The van der Waals surface area contributed by atoms with E-state index in [1.165, 1.54) is 17.8 Å². The molecule has 0 saturated carbocycles. The Labute approximate surface area is 134 Å². The van der Waals surface area contributed by atoms with Gasteiger partial charge in [-0.3, -0.25) is 9.78 Å². The van der Waals surface area contributed by atoms with Crippen molar-refractivity contribution in [1.29, 1.82) is 0 Å². The summed E-state index contributed by atoms with van der Waals surface area (Å²) in [6.07, 6.45) is 0.325. The summed E-state index contributed by atoms with van der Waals surface area (Å²) in [6, 6.07) is 8.53. The number of amides is 1. The number of benzene rings is 1. The number of nitrogens with zero attached hydrogens (tertiary/aromatic N) is 1. The van der Waals surface area contributed by atoms with E-state index in [0.29, 0.717) is 17.1 Å². The molecule has 3 nitrogen and oxygen atoms in total. The fourth-order valence-electron chi connectivity index (χ4n) is 2.23. The Morgan fingerprint density at radius 2 is 2.00 bits per heavy atom. The first-order chi connectivity index (χ1) is 10.5. The maximum atomic E-state index is 13.5. The van der Waals surface area contributed by atoms with Crippen LogP contribution in [0.2, 0.25) is 0 Å². The molecule has 0 aliphatic carbocycles. The van der Waals surface area contributed by atoms with Crippen LogP contribution in [-0.2, 0) is 4.79 Å². The van der Waals surface area contributed by atoms with Crippen LogP contribution in [0.3, 0.4) is 0 Å². The molecule has 0 spiro atoms. The van der Waals surface area contributed by atoms with Gasteiger partial charge in [-0.1, -0.05) is 12.1 Å². The van der Waals surface area contributed by atoms with Crippen LogP contribution in [-0.4, -0.2) is 16.6 Å². The Hall–Kier alpha value is -1.88. The average molecular weight is 318 g/mol. The first-order valence-corrected chi connectivity index (χ1v) is 8.08. The predicted octanol–water partition coefficient (Wildman–Crippen LogP) is 4.27. The van der Waals surface area contributed by atoms with E-state index in [-0.39, 0.29) is 11.7 Å². The molecule has 116 valence electrons. The second-order valence-electron chi connectivity index (χ2n) is 5.12. The second-order valence-corrected chi connectivity index (χ2v) is 6.25. The average Bonchev–Trinajstić information content (AvgIpc) is 2.45. The molecule has 0 radical (unpaired) electrons. The Morgan fingerprint density at radius 1 is 1.27 bits per heavy atom. The molecule has 1 aromatic carbocycles. The highest BCUT2D eigenvalue weighted by Crippen LogP contribution is 2.23. The third-order valence-electron chi connectivity index (χ3n) is 3.21. The number of carbonyl (C=O) groups is 1. The van der Waals surface area contributed by atoms with E-state index < -0.39 is 0 Å². The summed E-state index contributed by atoms with van der Waals surface area (Å²) in [6.45, 7) is 5.76. The monoisotopic (exact) mass is 318 g/mol. The standard InChI is InChI=1S/C17H19FN2OS/c1-11-10-12(2)19-13(3)17(11)20-16(21)8-9-22-15-7-5-4-6-14(15)18/h4-7,10H,8-9H2,1-3H3,(H,20,21). The predicted molar refractivity (Wildman–Crippen MR) is 88.8 cm³/mol. The van der Waals surface area contributed by atoms with Crippen molar-refractivity contribution in [3.8, 4) is 0 Å². The van der Waals surface area contributed by atoms with Crippen LogP contribution in [0.25, 0.3) is 0 Å². The second kappa shape index (κ2) is 7.40. The van der Waals surface area contributed by atoms with Gasteiger partial charge in [-0.25, -0.2) is 4.39 Å². The molecule has 0 unspecified atom stereocenters. The van der Waals surface area contributed by atoms with Crippen molar-refractivity contribution >= 4 is 23.4 Å². The molecule has 22 heavy (non-hydrogen) atoms. The summed E-state index contributed by atoms with van der Waals surface area (Å²) in [5, 5.41) is 2.90. The summed E-state index contributed by atoms with van der Waals surface area (Å²) in [5.41, 5.74) is 3.52. The van der Waals surface area contributed by atoms with Crippen LogP contribution in [0.4, 0.5) is 10.1 Å². The van der Waals surface area contributed by atoms with Crippen molar-refractivity contribution in [1.82, 2.24) is 4.98 Å². The topological polar surface area (TPSA) is 42.0 Å². The van der Waals surface area contributed by atoms with Crippen molar-refractivity contribution in [2.45, 2.75) is 32.1 Å². The number of hydrogen-bond donors (Lipinski definition) is 1. The maximum Gasteiger partial charge on any atom is 0.225 e. The Bertz CT molecular complexity index is 665. The van der Waals surface area contributed by atoms with E-state index in [2.05, 4.69) is 10.3 Å². The number of anilines is 1. The summed E-state index contributed by atoms with van der Waals surface area (Å²) < 4.78 is 13.5. The minimum atomic E-state index is -0.248. The molecular weight excluding hydrogens is 299 g/mol. The highest BCUT2D eigenvalue weighted by atomic mass is 32.2. The van der Waals surface area contributed by atoms with Gasteiger partial charge in [-0.2, -0.15) is 0 Å². The SMILES string of the molecule is Cc1cc(C)c(NC(=O)CCSc2ccccc2F)c(C)n1. The number of rotatable bonds is 5. The number of halogens is 1. The molecule has 2 aromatic rings. The van der Waals surface area contributed by atoms with Gasteiger partial charge in [0.05, 0.1) is 11.4 Å². The number of carbonyl (C=O) groups excluding carboxylic acids is 1. The van der Waals surface area contributed by atoms with Crippen LogP contribution in [0, 0.1) is 26.6 Å². The van der Waals surface area contributed by atoms with Crippen molar-refractivity contribution in [3.05, 3.63) is 53.1 Å². The molecule has 0 atom stereocenters. The van der Waals surface area contributed by atoms with Gasteiger partial charge in [-0.05, 0) is 44.5 Å². The van der Waals surface area contributed by atoms with Crippen LogP contribution in [0.5, 0.6) is 0 Å². The van der Waals surface area contributed by atoms with Crippen molar-refractivity contribution < 1.29 is 9.18 Å². The van der Waals surface area contributed by atoms with E-state index in [1.807, 2.05) is 26.8 Å². The molecule has 2 rings (SSSR count). The van der Waals surface area contributed by atoms with Crippen molar-refractivity contribution in [2.24, 2.45) is 0 Å². The van der Waals surface area contributed by atoms with Crippen LogP contribution in [0.15, 0.2) is 35.2 Å². The molecule has 0 bridgehead atoms. The molecule has 0 aliphatic rings. The van der Waals surface area contributed by atoms with Gasteiger partial charge in [0.1, 0.15) is 5.82 Å². The number of pyridine rings is 1. The Balaban J connectivity index is 1.90. The molecule has 0 fully saturated rings. The highest BCUT2D eigenvalue weighted by Gasteiger charge is 2.10. The lowest BCUT2D eigenvalue weighted by molar-refractivity contribution is -0.115. The van der Waals surface area contributed by atoms with Crippen LogP contribution < -0.4 is 5.32 Å². The molecule has 0 saturated heterocycles. The van der Waals surface area contributed by atoms with E-state index in [4.69, 9.17) is 0 Å². The quantitative estimate of drug-likeness (QED) is 0.837. The molecule has 1 amide bonds. The van der Waals surface area contributed by atoms with Crippen molar-refractivity contribution in [3.63, 3.8) is 0 Å². The third kappa shape index (κ3) is 4.31. The number of aryl methyl sites for hydroxylation is 3. The van der Waals surface area contributed by atoms with E-state index in [1.54, 1.807) is 18.2 Å². The first kappa shape index (κ1) is 16.5. The summed E-state index contributed by atoms with van der Waals surface area (Å²) in [4.78, 5) is 17.0. The number of hydrogen-bond acceptors (Lipinski definition) is 3. The fourth-order valence-corrected chi connectivity index (χ4v) is 3.12. The lowest BCUT2D eigenvalue weighted by atomic mass is 10.1. The molecule has 5 heteroatoms. The zero-order valence-electron chi connectivity index (χ0n) is 12.9. The molecule has 1 aromatic heterocycles. The van der Waals surface area contributed by atoms with Gasteiger partial charge in [-0.15, -0.1) is 11.8 Å². The number of aromatic nitrogens is 1. The van der Waals surface area contributed by atoms with Crippen LogP contribution in [0.1, 0.15) is 23.4 Å². The zero-order chi connectivity index (χ0) is 16.1. The normalized spacial score (nSPS) is 10.5. The van der Waals surface area contributed by atoms with Gasteiger partial charge in [0.2, 0.25) is 5.91 Å². The minimum absolute atomic E-state index is 0.0827. The fraction of sp³-hybridized carbons (Fsp3) is 0.294. The smallest absolute Gasteiger partial charge is 0.225 e. The van der Waals surface area contributed by atoms with Crippen molar-refractivity contribution in [2.75, 3.05) is 11.1 Å². The molecule has 0 aliphatic heterocycles. The Morgan fingerprint density at radius 3 is 2.68 bits per heavy atom.